The fourth-order valence-corrected chi connectivity index (χ4v) is 5.81. The van der Waals surface area contributed by atoms with Crippen molar-refractivity contribution in [3.63, 3.8) is 0 Å². The zero-order valence-corrected chi connectivity index (χ0v) is 27.4. The van der Waals surface area contributed by atoms with Crippen molar-refractivity contribution in [3.05, 3.63) is 103 Å². The predicted molar refractivity (Wildman–Crippen MR) is 183 cm³/mol. The van der Waals surface area contributed by atoms with Crippen molar-refractivity contribution in [2.75, 3.05) is 19.8 Å². The third kappa shape index (κ3) is 12.8. The van der Waals surface area contributed by atoms with Gasteiger partial charge < -0.3 is 18.9 Å². The molecule has 3 aromatic carbocycles. The van der Waals surface area contributed by atoms with E-state index < -0.39 is 5.97 Å². The molecule has 0 spiro atoms. The van der Waals surface area contributed by atoms with Crippen molar-refractivity contribution in [1.82, 2.24) is 0 Å². The van der Waals surface area contributed by atoms with E-state index in [2.05, 4.69) is 30.8 Å². The van der Waals surface area contributed by atoms with Gasteiger partial charge in [-0.15, -0.1) is 0 Å². The van der Waals surface area contributed by atoms with Crippen LogP contribution in [0.15, 0.2) is 91.5 Å². The summed E-state index contributed by atoms with van der Waals surface area (Å²) in [5, 5.41) is 0. The van der Waals surface area contributed by atoms with Crippen molar-refractivity contribution in [2.24, 2.45) is 0 Å². The first-order valence-corrected chi connectivity index (χ1v) is 17.1. The molecule has 3 aromatic rings. The average Bonchev–Trinajstić information content (AvgIpc) is 3.11. The van der Waals surface area contributed by atoms with Gasteiger partial charge in [0.25, 0.3) is 0 Å². The standard InChI is InChI=1S/C40H48O7/c1-2-38(41)45-29-12-6-9-15-39(42)46-30-11-4-3-10-28-44-36-24-20-34(21-25-36)32-16-18-35(19-17-32)40(43)47-37-26-22-33(23-27-37)31-13-7-5-8-14-31/h2,5,7-8,13-14,16-19,22-23,26-27,34,36H,1,3-4,6,9-12,15,20-21,24-25,28-30H2/t34-,36-. The smallest absolute Gasteiger partial charge is 0.343 e. The van der Waals surface area contributed by atoms with E-state index in [-0.39, 0.29) is 11.9 Å². The van der Waals surface area contributed by atoms with Gasteiger partial charge in [-0.05, 0) is 111 Å². The lowest BCUT2D eigenvalue weighted by molar-refractivity contribution is -0.144. The van der Waals surface area contributed by atoms with Gasteiger partial charge in [0.05, 0.1) is 24.9 Å². The van der Waals surface area contributed by atoms with Gasteiger partial charge in [-0.3, -0.25) is 4.79 Å². The Morgan fingerprint density at radius 2 is 1.28 bits per heavy atom. The molecule has 0 atom stereocenters. The summed E-state index contributed by atoms with van der Waals surface area (Å²) in [6.45, 7) is 4.94. The van der Waals surface area contributed by atoms with Crippen molar-refractivity contribution in [3.8, 4) is 16.9 Å². The summed E-state index contributed by atoms with van der Waals surface area (Å²) in [5.41, 5.74) is 4.01. The topological polar surface area (TPSA) is 88.1 Å². The Hall–Kier alpha value is -4.23. The Bertz CT molecular complexity index is 1370. The van der Waals surface area contributed by atoms with Crippen LogP contribution >= 0.6 is 0 Å². The number of hydrogen-bond acceptors (Lipinski definition) is 7. The van der Waals surface area contributed by atoms with Gasteiger partial charge in [-0.2, -0.15) is 0 Å². The third-order valence-corrected chi connectivity index (χ3v) is 8.56. The largest absolute Gasteiger partial charge is 0.466 e. The van der Waals surface area contributed by atoms with E-state index in [4.69, 9.17) is 18.9 Å². The van der Waals surface area contributed by atoms with Gasteiger partial charge in [-0.1, -0.05) is 67.6 Å². The zero-order valence-electron chi connectivity index (χ0n) is 27.4. The summed E-state index contributed by atoms with van der Waals surface area (Å²) in [5.74, 6) is 0.0876. The molecule has 1 fully saturated rings. The SMILES string of the molecule is C=CC(=O)OCCCCCC(=O)OCCCCCCO[C@H]1CC[C@H](c2ccc(C(=O)Oc3ccc(-c4ccccc4)cc3)cc2)CC1. The molecule has 0 aromatic heterocycles. The fraction of sp³-hybridized carbons (Fsp3) is 0.425. The lowest BCUT2D eigenvalue weighted by Gasteiger charge is -2.29. The van der Waals surface area contributed by atoms with E-state index in [9.17, 15) is 14.4 Å². The molecular formula is C40H48O7. The van der Waals surface area contributed by atoms with Crippen LogP contribution in [-0.4, -0.2) is 43.8 Å². The zero-order chi connectivity index (χ0) is 33.1. The van der Waals surface area contributed by atoms with Gasteiger partial charge in [0.2, 0.25) is 0 Å². The summed E-state index contributed by atoms with van der Waals surface area (Å²) in [7, 11) is 0. The van der Waals surface area contributed by atoms with Crippen molar-refractivity contribution < 1.29 is 33.3 Å². The molecule has 47 heavy (non-hydrogen) atoms. The van der Waals surface area contributed by atoms with E-state index in [1.807, 2.05) is 54.6 Å². The summed E-state index contributed by atoms with van der Waals surface area (Å²) in [4.78, 5) is 35.5. The summed E-state index contributed by atoms with van der Waals surface area (Å²) in [6, 6.07) is 25.6. The van der Waals surface area contributed by atoms with E-state index in [1.165, 1.54) is 5.56 Å². The maximum Gasteiger partial charge on any atom is 0.343 e. The van der Waals surface area contributed by atoms with E-state index in [1.54, 1.807) is 0 Å². The molecule has 250 valence electrons. The number of ether oxygens (including phenoxy) is 4. The highest BCUT2D eigenvalue weighted by Gasteiger charge is 2.23. The minimum Gasteiger partial charge on any atom is -0.466 e. The van der Waals surface area contributed by atoms with E-state index >= 15 is 0 Å². The Kier molecular flexibility index (Phi) is 15.2. The molecule has 0 unspecified atom stereocenters. The predicted octanol–water partition coefficient (Wildman–Crippen LogP) is 9.01. The molecule has 7 heteroatoms. The Morgan fingerprint density at radius 1 is 0.660 bits per heavy atom. The molecule has 1 saturated carbocycles. The van der Waals surface area contributed by atoms with Crippen LogP contribution in [0.3, 0.4) is 0 Å². The number of rotatable bonds is 19. The quantitative estimate of drug-likeness (QED) is 0.0559. The van der Waals surface area contributed by atoms with Crippen LogP contribution in [0, 0.1) is 0 Å². The number of carbonyl (C=O) groups is 3. The minimum atomic E-state index is -0.414. The van der Waals surface area contributed by atoms with Crippen LogP contribution in [0.2, 0.25) is 0 Å². The Morgan fingerprint density at radius 3 is 1.96 bits per heavy atom. The molecule has 7 nitrogen and oxygen atoms in total. The van der Waals surface area contributed by atoms with Gasteiger partial charge in [0, 0.05) is 19.1 Å². The highest BCUT2D eigenvalue weighted by molar-refractivity contribution is 5.91. The minimum absolute atomic E-state index is 0.161. The maximum absolute atomic E-state index is 12.7. The van der Waals surface area contributed by atoms with E-state index in [0.29, 0.717) is 43.0 Å². The van der Waals surface area contributed by atoms with Crippen LogP contribution in [-0.2, 0) is 23.8 Å². The first kappa shape index (κ1) is 35.6. The van der Waals surface area contributed by atoms with Crippen LogP contribution < -0.4 is 4.74 Å². The van der Waals surface area contributed by atoms with Crippen LogP contribution in [0.5, 0.6) is 5.75 Å². The van der Waals surface area contributed by atoms with Crippen LogP contribution in [0.1, 0.15) is 98.9 Å². The van der Waals surface area contributed by atoms with Crippen molar-refractivity contribution in [1.29, 1.82) is 0 Å². The summed E-state index contributed by atoms with van der Waals surface area (Å²) in [6.07, 6.45) is 12.3. The van der Waals surface area contributed by atoms with Crippen LogP contribution in [0.25, 0.3) is 11.1 Å². The Balaban J connectivity index is 1.02. The molecular weight excluding hydrogens is 592 g/mol. The highest BCUT2D eigenvalue weighted by Crippen LogP contribution is 2.34. The molecule has 0 saturated heterocycles. The maximum atomic E-state index is 12.7. The molecule has 0 amide bonds. The van der Waals surface area contributed by atoms with Gasteiger partial charge in [0.1, 0.15) is 5.75 Å². The molecule has 1 aliphatic rings. The molecule has 0 radical (unpaired) electrons. The molecule has 4 rings (SSSR count). The van der Waals surface area contributed by atoms with Crippen molar-refractivity contribution in [2.45, 2.75) is 89.1 Å². The molecule has 0 heterocycles. The molecule has 0 N–H and O–H groups in total. The van der Waals surface area contributed by atoms with Gasteiger partial charge >= 0.3 is 17.9 Å². The average molecular weight is 641 g/mol. The summed E-state index contributed by atoms with van der Waals surface area (Å²) < 4.78 is 22.0. The molecule has 1 aliphatic carbocycles. The van der Waals surface area contributed by atoms with Crippen LogP contribution in [0.4, 0.5) is 0 Å². The number of benzene rings is 3. The Labute approximate surface area is 279 Å². The van der Waals surface area contributed by atoms with Gasteiger partial charge in [0.15, 0.2) is 0 Å². The van der Waals surface area contributed by atoms with Gasteiger partial charge in [-0.25, -0.2) is 9.59 Å². The first-order chi connectivity index (χ1) is 23.0. The number of esters is 3. The molecule has 0 aliphatic heterocycles. The third-order valence-electron chi connectivity index (χ3n) is 8.56. The second-order valence-electron chi connectivity index (χ2n) is 12.1. The fourth-order valence-electron chi connectivity index (χ4n) is 5.81. The normalized spacial score (nSPS) is 15.8. The molecule has 0 bridgehead atoms. The monoisotopic (exact) mass is 640 g/mol. The summed E-state index contributed by atoms with van der Waals surface area (Å²) >= 11 is 0. The number of hydrogen-bond donors (Lipinski definition) is 0. The second kappa shape index (κ2) is 20.1. The number of unbranched alkanes of at least 4 members (excludes halogenated alkanes) is 5. The number of carbonyl (C=O) groups excluding carboxylic acids is 3. The highest BCUT2D eigenvalue weighted by atomic mass is 16.5. The lowest BCUT2D eigenvalue weighted by atomic mass is 9.82. The lowest BCUT2D eigenvalue weighted by Crippen LogP contribution is -2.21. The van der Waals surface area contributed by atoms with Crippen molar-refractivity contribution >= 4 is 17.9 Å². The first-order valence-electron chi connectivity index (χ1n) is 17.1. The second-order valence-corrected chi connectivity index (χ2v) is 12.1. The van der Waals surface area contributed by atoms with E-state index in [0.717, 1.165) is 94.4 Å².